The van der Waals surface area contributed by atoms with Crippen LogP contribution in [0.5, 0.6) is 0 Å². The number of carbonyl (C=O) groups is 1. The molecule has 1 N–H and O–H groups in total. The topological polar surface area (TPSA) is 97.0 Å². The van der Waals surface area contributed by atoms with E-state index in [0.717, 1.165) is 29.1 Å². The van der Waals surface area contributed by atoms with Gasteiger partial charge in [0.1, 0.15) is 11.5 Å². The van der Waals surface area contributed by atoms with Gasteiger partial charge >= 0.3 is 5.97 Å². The van der Waals surface area contributed by atoms with Crippen LogP contribution >= 0.6 is 11.3 Å². The van der Waals surface area contributed by atoms with Crippen molar-refractivity contribution >= 4 is 34.8 Å². The number of ether oxygens (including phenoxy) is 1. The molecule has 0 aliphatic carbocycles. The molecule has 4 rings (SSSR count). The van der Waals surface area contributed by atoms with Gasteiger partial charge in [0.05, 0.1) is 29.5 Å². The average molecular weight is 469 g/mol. The van der Waals surface area contributed by atoms with E-state index in [2.05, 4.69) is 19.2 Å². The van der Waals surface area contributed by atoms with Crippen LogP contribution in [-0.4, -0.2) is 51.7 Å². The van der Waals surface area contributed by atoms with Crippen molar-refractivity contribution < 1.29 is 14.6 Å². The molecule has 1 aliphatic heterocycles. The van der Waals surface area contributed by atoms with E-state index < -0.39 is 5.97 Å². The quantitative estimate of drug-likeness (QED) is 0.531. The van der Waals surface area contributed by atoms with Gasteiger partial charge in [0, 0.05) is 36.7 Å². The number of carboxylic acid groups (broad SMARTS) is 1. The number of carboxylic acids is 1. The maximum absolute atomic E-state index is 13.3. The Morgan fingerprint density at radius 1 is 1.27 bits per heavy atom. The fraction of sp³-hybridized carbons (Fsp3) is 0.417. The molecule has 3 aromatic rings. The summed E-state index contributed by atoms with van der Waals surface area (Å²) in [4.78, 5) is 36.2. The number of morpholine rings is 1. The first kappa shape index (κ1) is 23.1. The number of rotatable bonds is 7. The summed E-state index contributed by atoms with van der Waals surface area (Å²) in [6.07, 6.45) is 4.76. The highest BCUT2D eigenvalue weighted by Crippen LogP contribution is 2.22. The first-order chi connectivity index (χ1) is 15.8. The molecule has 4 heterocycles. The highest BCUT2D eigenvalue weighted by molar-refractivity contribution is 7.09. The number of aryl methyl sites for hydroxylation is 2. The fourth-order valence-corrected chi connectivity index (χ4v) is 4.67. The van der Waals surface area contributed by atoms with Crippen LogP contribution in [0.4, 0.5) is 5.82 Å². The summed E-state index contributed by atoms with van der Waals surface area (Å²) in [5, 5.41) is 12.5. The zero-order valence-electron chi connectivity index (χ0n) is 19.1. The van der Waals surface area contributed by atoms with Crippen LogP contribution in [0.15, 0.2) is 34.1 Å². The van der Waals surface area contributed by atoms with E-state index in [4.69, 9.17) is 14.7 Å². The first-order valence-corrected chi connectivity index (χ1v) is 12.0. The molecular weight excluding hydrogens is 440 g/mol. The van der Waals surface area contributed by atoms with Gasteiger partial charge < -0.3 is 14.7 Å². The SMILES string of the molecule is C/C(=C\c1c(N2CCOCC2)nc2cc(CCc3nc(C(C)C)cs3)ccn2c1=O)C(=O)O. The van der Waals surface area contributed by atoms with Crippen molar-refractivity contribution in [1.29, 1.82) is 0 Å². The van der Waals surface area contributed by atoms with Gasteiger partial charge in [-0.2, -0.15) is 0 Å². The summed E-state index contributed by atoms with van der Waals surface area (Å²) in [5.41, 5.74) is 2.83. The molecule has 0 aromatic carbocycles. The number of thiazole rings is 1. The molecule has 0 unspecified atom stereocenters. The predicted octanol–water partition coefficient (Wildman–Crippen LogP) is 3.38. The number of aliphatic carboxylic acids is 1. The summed E-state index contributed by atoms with van der Waals surface area (Å²) in [7, 11) is 0. The molecule has 3 aromatic heterocycles. The minimum atomic E-state index is -1.06. The van der Waals surface area contributed by atoms with Gasteiger partial charge in [-0.3, -0.25) is 9.20 Å². The van der Waals surface area contributed by atoms with Crippen LogP contribution < -0.4 is 10.5 Å². The molecule has 0 saturated carbocycles. The Kier molecular flexibility index (Phi) is 6.90. The first-order valence-electron chi connectivity index (χ1n) is 11.1. The van der Waals surface area contributed by atoms with Crippen LogP contribution in [0.3, 0.4) is 0 Å². The van der Waals surface area contributed by atoms with Crippen LogP contribution in [0.2, 0.25) is 0 Å². The number of pyridine rings is 1. The van der Waals surface area contributed by atoms with Gasteiger partial charge in [-0.15, -0.1) is 11.3 Å². The lowest BCUT2D eigenvalue weighted by Gasteiger charge is -2.29. The number of aromatic nitrogens is 3. The Labute approximate surface area is 196 Å². The van der Waals surface area contributed by atoms with E-state index in [1.807, 2.05) is 17.0 Å². The Morgan fingerprint density at radius 2 is 2.03 bits per heavy atom. The van der Waals surface area contributed by atoms with E-state index in [9.17, 15) is 14.7 Å². The highest BCUT2D eigenvalue weighted by atomic mass is 32.1. The molecule has 174 valence electrons. The largest absolute Gasteiger partial charge is 0.478 e. The second-order valence-corrected chi connectivity index (χ2v) is 9.41. The maximum atomic E-state index is 13.3. The molecular formula is C24H28N4O4S. The molecule has 9 heteroatoms. The van der Waals surface area contributed by atoms with Gasteiger partial charge in [0.25, 0.3) is 5.56 Å². The molecule has 1 fully saturated rings. The van der Waals surface area contributed by atoms with E-state index in [-0.39, 0.29) is 16.7 Å². The van der Waals surface area contributed by atoms with Gasteiger partial charge in [-0.25, -0.2) is 14.8 Å². The third kappa shape index (κ3) is 5.15. The van der Waals surface area contributed by atoms with Crippen molar-refractivity contribution in [2.24, 2.45) is 0 Å². The number of fused-ring (bicyclic) bond motifs is 1. The molecule has 1 saturated heterocycles. The Bertz CT molecular complexity index is 1260. The monoisotopic (exact) mass is 468 g/mol. The molecule has 33 heavy (non-hydrogen) atoms. The van der Waals surface area contributed by atoms with Crippen molar-refractivity contribution in [2.75, 3.05) is 31.2 Å². The summed E-state index contributed by atoms with van der Waals surface area (Å²) in [5.74, 6) is -0.147. The molecule has 1 aliphatic rings. The van der Waals surface area contributed by atoms with Gasteiger partial charge in [-0.05, 0) is 43.0 Å². The lowest BCUT2D eigenvalue weighted by molar-refractivity contribution is -0.132. The fourth-order valence-electron chi connectivity index (χ4n) is 3.71. The summed E-state index contributed by atoms with van der Waals surface area (Å²) >= 11 is 1.68. The molecule has 0 spiro atoms. The van der Waals surface area contributed by atoms with E-state index in [1.165, 1.54) is 17.4 Å². The van der Waals surface area contributed by atoms with Crippen LogP contribution in [0.1, 0.15) is 48.5 Å². The maximum Gasteiger partial charge on any atom is 0.331 e. The number of hydrogen-bond acceptors (Lipinski definition) is 7. The van der Waals surface area contributed by atoms with Crippen molar-refractivity contribution in [3.05, 3.63) is 61.5 Å². The smallest absolute Gasteiger partial charge is 0.331 e. The van der Waals surface area contributed by atoms with Crippen molar-refractivity contribution in [3.8, 4) is 0 Å². The van der Waals surface area contributed by atoms with E-state index >= 15 is 0 Å². The molecule has 0 amide bonds. The molecule has 0 atom stereocenters. The van der Waals surface area contributed by atoms with Crippen molar-refractivity contribution in [2.45, 2.75) is 39.5 Å². The second-order valence-electron chi connectivity index (χ2n) is 8.47. The predicted molar refractivity (Wildman–Crippen MR) is 129 cm³/mol. The summed E-state index contributed by atoms with van der Waals surface area (Å²) < 4.78 is 6.92. The van der Waals surface area contributed by atoms with E-state index in [0.29, 0.717) is 43.7 Å². The third-order valence-electron chi connectivity index (χ3n) is 5.71. The Balaban J connectivity index is 1.70. The standard InChI is InChI=1S/C24H28N4O4S/c1-15(2)19-14-33-21(25-19)5-4-17-6-7-28-20(13-17)26-22(27-8-10-32-11-9-27)18(23(28)29)12-16(3)24(30)31/h6-7,12-15H,4-5,8-11H2,1-3H3,(H,30,31)/b16-12+. The van der Waals surface area contributed by atoms with Gasteiger partial charge in [-0.1, -0.05) is 13.8 Å². The number of nitrogens with zero attached hydrogens (tertiary/aromatic N) is 4. The highest BCUT2D eigenvalue weighted by Gasteiger charge is 2.20. The average Bonchev–Trinajstić information content (AvgIpc) is 3.29. The molecule has 0 radical (unpaired) electrons. The van der Waals surface area contributed by atoms with E-state index in [1.54, 1.807) is 17.5 Å². The Morgan fingerprint density at radius 3 is 2.70 bits per heavy atom. The molecule has 0 bridgehead atoms. The molecule has 8 nitrogen and oxygen atoms in total. The van der Waals surface area contributed by atoms with Crippen LogP contribution in [0, 0.1) is 0 Å². The van der Waals surface area contributed by atoms with Crippen LogP contribution in [0.25, 0.3) is 11.7 Å². The lowest BCUT2D eigenvalue weighted by Crippen LogP contribution is -2.38. The normalized spacial score (nSPS) is 14.9. The zero-order chi connectivity index (χ0) is 23.5. The minimum absolute atomic E-state index is 0.0872. The van der Waals surface area contributed by atoms with Gasteiger partial charge in [0.15, 0.2) is 0 Å². The second kappa shape index (κ2) is 9.84. The summed E-state index contributed by atoms with van der Waals surface area (Å²) in [6, 6.07) is 3.85. The minimum Gasteiger partial charge on any atom is -0.478 e. The number of hydrogen-bond donors (Lipinski definition) is 1. The summed E-state index contributed by atoms with van der Waals surface area (Å²) in [6.45, 7) is 8.02. The Hall–Kier alpha value is -3.04. The zero-order valence-corrected chi connectivity index (χ0v) is 19.9. The lowest BCUT2D eigenvalue weighted by atomic mass is 10.1. The van der Waals surface area contributed by atoms with Crippen molar-refractivity contribution in [3.63, 3.8) is 0 Å². The third-order valence-corrected chi connectivity index (χ3v) is 6.63. The van der Waals surface area contributed by atoms with Crippen molar-refractivity contribution in [1.82, 2.24) is 14.4 Å². The van der Waals surface area contributed by atoms with Crippen LogP contribution in [-0.2, 0) is 22.4 Å². The van der Waals surface area contributed by atoms with Gasteiger partial charge in [0.2, 0.25) is 0 Å². The number of anilines is 1.